The van der Waals surface area contributed by atoms with Crippen molar-refractivity contribution in [3.05, 3.63) is 59.2 Å². The van der Waals surface area contributed by atoms with E-state index >= 15 is 0 Å². The zero-order valence-electron chi connectivity index (χ0n) is 11.9. The summed E-state index contributed by atoms with van der Waals surface area (Å²) in [5.74, 6) is -3.22. The molecule has 2 aromatic carbocycles. The first-order valence-electron chi connectivity index (χ1n) is 6.33. The van der Waals surface area contributed by atoms with E-state index in [9.17, 15) is 23.1 Å². The van der Waals surface area contributed by atoms with Gasteiger partial charge in [0.2, 0.25) is 0 Å². The monoisotopic (exact) mass is 336 g/mol. The molecule has 2 rings (SSSR count). The van der Waals surface area contributed by atoms with E-state index in [0.29, 0.717) is 0 Å². The molecule has 2 aromatic rings. The molecule has 120 valence electrons. The lowest BCUT2D eigenvalue weighted by Gasteiger charge is -2.11. The minimum atomic E-state index is -4.51. The number of aromatic carboxylic acids is 2. The SMILES string of the molecule is Cc1cccc(OS(=O)(=O)c2cccc(C(=O)O)c2C(=O)O)c1. The van der Waals surface area contributed by atoms with Gasteiger partial charge in [0.1, 0.15) is 10.6 Å². The van der Waals surface area contributed by atoms with Crippen LogP contribution in [0.1, 0.15) is 26.3 Å². The first kappa shape index (κ1) is 16.5. The Morgan fingerprint density at radius 1 is 1.00 bits per heavy atom. The van der Waals surface area contributed by atoms with Gasteiger partial charge in [-0.3, -0.25) is 0 Å². The molecule has 0 spiro atoms. The lowest BCUT2D eigenvalue weighted by Crippen LogP contribution is -2.18. The van der Waals surface area contributed by atoms with Crippen LogP contribution >= 0.6 is 0 Å². The highest BCUT2D eigenvalue weighted by Crippen LogP contribution is 2.24. The first-order chi connectivity index (χ1) is 10.7. The third-order valence-electron chi connectivity index (χ3n) is 2.94. The summed E-state index contributed by atoms with van der Waals surface area (Å²) in [5, 5.41) is 18.2. The average Bonchev–Trinajstić information content (AvgIpc) is 2.45. The third kappa shape index (κ3) is 3.49. The van der Waals surface area contributed by atoms with Crippen molar-refractivity contribution >= 4 is 22.1 Å². The normalized spacial score (nSPS) is 11.0. The fraction of sp³-hybridized carbons (Fsp3) is 0.0667. The predicted octanol–water partition coefficient (Wildman–Crippen LogP) is 2.16. The van der Waals surface area contributed by atoms with Crippen molar-refractivity contribution in [1.82, 2.24) is 0 Å². The van der Waals surface area contributed by atoms with Crippen LogP contribution in [-0.4, -0.2) is 30.6 Å². The Morgan fingerprint density at radius 2 is 1.65 bits per heavy atom. The Balaban J connectivity index is 2.58. The maximum atomic E-state index is 12.3. The van der Waals surface area contributed by atoms with Crippen molar-refractivity contribution in [1.29, 1.82) is 0 Å². The minimum Gasteiger partial charge on any atom is -0.478 e. The van der Waals surface area contributed by atoms with Gasteiger partial charge in [0, 0.05) is 0 Å². The second-order valence-corrected chi connectivity index (χ2v) is 6.16. The van der Waals surface area contributed by atoms with Crippen LogP contribution in [0.2, 0.25) is 0 Å². The van der Waals surface area contributed by atoms with Crippen molar-refractivity contribution in [2.24, 2.45) is 0 Å². The molecule has 23 heavy (non-hydrogen) atoms. The molecule has 0 aliphatic carbocycles. The number of carboxylic acid groups (broad SMARTS) is 2. The van der Waals surface area contributed by atoms with Crippen molar-refractivity contribution in [2.45, 2.75) is 11.8 Å². The molecule has 0 aromatic heterocycles. The van der Waals surface area contributed by atoms with Crippen molar-refractivity contribution in [3.63, 3.8) is 0 Å². The second kappa shape index (κ2) is 6.09. The van der Waals surface area contributed by atoms with Gasteiger partial charge in [-0.1, -0.05) is 18.2 Å². The highest BCUT2D eigenvalue weighted by atomic mass is 32.2. The summed E-state index contributed by atoms with van der Waals surface area (Å²) in [7, 11) is -4.51. The molecule has 0 heterocycles. The number of carboxylic acids is 2. The minimum absolute atomic E-state index is 0.00191. The number of carbonyl (C=O) groups is 2. The van der Waals surface area contributed by atoms with Gasteiger partial charge < -0.3 is 14.4 Å². The fourth-order valence-corrected chi connectivity index (χ4v) is 3.12. The molecule has 0 radical (unpaired) electrons. The Labute approximate surface area is 131 Å². The molecule has 0 aliphatic heterocycles. The molecule has 0 atom stereocenters. The Hall–Kier alpha value is -2.87. The summed E-state index contributed by atoms with van der Waals surface area (Å²) in [6.45, 7) is 1.73. The first-order valence-corrected chi connectivity index (χ1v) is 7.74. The number of benzene rings is 2. The zero-order chi connectivity index (χ0) is 17.2. The van der Waals surface area contributed by atoms with Crippen LogP contribution in [0.4, 0.5) is 0 Å². The lowest BCUT2D eigenvalue weighted by molar-refractivity contribution is 0.0648. The molecule has 0 saturated heterocycles. The topological polar surface area (TPSA) is 118 Å². The van der Waals surface area contributed by atoms with Gasteiger partial charge >= 0.3 is 22.1 Å². The fourth-order valence-electron chi connectivity index (χ4n) is 1.98. The van der Waals surface area contributed by atoms with E-state index in [1.165, 1.54) is 12.1 Å². The molecule has 0 fully saturated rings. The van der Waals surface area contributed by atoms with E-state index < -0.39 is 38.1 Å². The van der Waals surface area contributed by atoms with Gasteiger partial charge in [-0.15, -0.1) is 0 Å². The van der Waals surface area contributed by atoms with Gasteiger partial charge in [0.05, 0.1) is 11.1 Å². The molecule has 0 unspecified atom stereocenters. The van der Waals surface area contributed by atoms with E-state index in [-0.39, 0.29) is 5.75 Å². The average molecular weight is 336 g/mol. The molecule has 8 heteroatoms. The second-order valence-electron chi connectivity index (χ2n) is 4.64. The Bertz CT molecular complexity index is 884. The van der Waals surface area contributed by atoms with Gasteiger partial charge in [-0.2, -0.15) is 8.42 Å². The molecule has 0 saturated carbocycles. The van der Waals surface area contributed by atoms with E-state index in [2.05, 4.69) is 0 Å². The Kier molecular flexibility index (Phi) is 4.37. The largest absolute Gasteiger partial charge is 0.478 e. The molecule has 0 aliphatic rings. The molecular weight excluding hydrogens is 324 g/mol. The van der Waals surface area contributed by atoms with E-state index in [1.54, 1.807) is 19.1 Å². The predicted molar refractivity (Wildman–Crippen MR) is 79.4 cm³/mol. The van der Waals surface area contributed by atoms with Crippen LogP contribution < -0.4 is 4.18 Å². The summed E-state index contributed by atoms with van der Waals surface area (Å²) >= 11 is 0. The maximum Gasteiger partial charge on any atom is 0.340 e. The third-order valence-corrected chi connectivity index (χ3v) is 4.23. The van der Waals surface area contributed by atoms with Gasteiger partial charge in [0.25, 0.3) is 0 Å². The van der Waals surface area contributed by atoms with Crippen molar-refractivity contribution in [2.75, 3.05) is 0 Å². The van der Waals surface area contributed by atoms with E-state index in [1.807, 2.05) is 0 Å². The molecular formula is C15H12O7S. The van der Waals surface area contributed by atoms with Gasteiger partial charge in [-0.05, 0) is 36.8 Å². The zero-order valence-corrected chi connectivity index (χ0v) is 12.7. The summed E-state index contributed by atoms with van der Waals surface area (Å²) in [5.41, 5.74) is -0.727. The smallest absolute Gasteiger partial charge is 0.340 e. The highest BCUT2D eigenvalue weighted by Gasteiger charge is 2.29. The summed E-state index contributed by atoms with van der Waals surface area (Å²) in [4.78, 5) is 21.7. The highest BCUT2D eigenvalue weighted by molar-refractivity contribution is 7.87. The number of rotatable bonds is 5. The number of aryl methyl sites for hydroxylation is 1. The van der Waals surface area contributed by atoms with Crippen molar-refractivity contribution in [3.8, 4) is 5.75 Å². The van der Waals surface area contributed by atoms with Crippen molar-refractivity contribution < 1.29 is 32.4 Å². The molecule has 0 bridgehead atoms. The lowest BCUT2D eigenvalue weighted by atomic mass is 10.1. The van der Waals surface area contributed by atoms with E-state index in [4.69, 9.17) is 9.29 Å². The molecule has 0 amide bonds. The van der Waals surface area contributed by atoms with Crippen LogP contribution in [0.25, 0.3) is 0 Å². The van der Waals surface area contributed by atoms with Crippen LogP contribution in [0, 0.1) is 6.92 Å². The van der Waals surface area contributed by atoms with Gasteiger partial charge in [-0.25, -0.2) is 9.59 Å². The summed E-state index contributed by atoms with van der Waals surface area (Å²) in [6.07, 6.45) is 0. The molecule has 2 N–H and O–H groups in total. The van der Waals surface area contributed by atoms with Crippen LogP contribution in [-0.2, 0) is 10.1 Å². The van der Waals surface area contributed by atoms with E-state index in [0.717, 1.165) is 23.8 Å². The molecule has 7 nitrogen and oxygen atoms in total. The quantitative estimate of drug-likeness (QED) is 0.803. The summed E-state index contributed by atoms with van der Waals surface area (Å²) in [6, 6.07) is 9.30. The van der Waals surface area contributed by atoms with Crippen LogP contribution in [0.3, 0.4) is 0 Å². The Morgan fingerprint density at radius 3 is 2.22 bits per heavy atom. The van der Waals surface area contributed by atoms with Crippen LogP contribution in [0.5, 0.6) is 5.75 Å². The number of hydrogen-bond donors (Lipinski definition) is 2. The maximum absolute atomic E-state index is 12.3. The van der Waals surface area contributed by atoms with Crippen LogP contribution in [0.15, 0.2) is 47.4 Å². The standard InChI is InChI=1S/C15H12O7S/c1-9-4-2-5-10(8-9)22-23(20,21)12-7-3-6-11(14(16)17)13(12)15(18)19/h2-8H,1H3,(H,16,17)(H,18,19). The summed E-state index contributed by atoms with van der Waals surface area (Å²) < 4.78 is 29.6. The van der Waals surface area contributed by atoms with Gasteiger partial charge in [0.15, 0.2) is 0 Å². The number of hydrogen-bond acceptors (Lipinski definition) is 5.